The third-order valence-corrected chi connectivity index (χ3v) is 3.31. The standard InChI is InChI=1S/C9H13O/c1-9(2)6-3-4-7(9)8(10)5-6/h6H,3-5H2,1-2H3/t6-/m0/s1. The molecule has 0 heterocycles. The normalized spacial score (nSPS) is 37.4. The lowest BCUT2D eigenvalue weighted by Gasteiger charge is -2.21. The first-order valence-corrected chi connectivity index (χ1v) is 4.02. The number of fused-ring (bicyclic) bond motifs is 2. The molecule has 2 rings (SSSR count). The van der Waals surface area contributed by atoms with Crippen LogP contribution in [0.25, 0.3) is 0 Å². The Labute approximate surface area is 61.8 Å². The van der Waals surface area contributed by atoms with E-state index in [0.717, 1.165) is 12.8 Å². The molecule has 1 heteroatoms. The highest BCUT2D eigenvalue weighted by Gasteiger charge is 2.53. The van der Waals surface area contributed by atoms with E-state index in [2.05, 4.69) is 13.8 Å². The van der Waals surface area contributed by atoms with Crippen LogP contribution in [0.1, 0.15) is 33.1 Å². The van der Waals surface area contributed by atoms with Gasteiger partial charge in [-0.1, -0.05) is 13.8 Å². The minimum absolute atomic E-state index is 0.261. The Morgan fingerprint density at radius 3 is 2.40 bits per heavy atom. The summed E-state index contributed by atoms with van der Waals surface area (Å²) in [4.78, 5) is 11.2. The predicted octanol–water partition coefficient (Wildman–Crippen LogP) is 1.97. The second-order valence-corrected chi connectivity index (χ2v) is 4.06. The average molecular weight is 137 g/mol. The van der Waals surface area contributed by atoms with E-state index in [1.165, 1.54) is 12.3 Å². The average Bonchev–Trinajstić information content (AvgIpc) is 2.20. The van der Waals surface area contributed by atoms with Crippen molar-refractivity contribution in [2.24, 2.45) is 11.3 Å². The molecule has 0 unspecified atom stereocenters. The van der Waals surface area contributed by atoms with Crippen molar-refractivity contribution in [1.29, 1.82) is 0 Å². The van der Waals surface area contributed by atoms with Gasteiger partial charge >= 0.3 is 0 Å². The lowest BCUT2D eigenvalue weighted by molar-refractivity contribution is -0.117. The maximum absolute atomic E-state index is 11.2. The maximum atomic E-state index is 11.2. The summed E-state index contributed by atoms with van der Waals surface area (Å²) in [6, 6.07) is 0. The summed E-state index contributed by atoms with van der Waals surface area (Å²) in [5.41, 5.74) is 0.261. The monoisotopic (exact) mass is 137 g/mol. The molecule has 2 fully saturated rings. The van der Waals surface area contributed by atoms with Crippen molar-refractivity contribution in [2.45, 2.75) is 33.1 Å². The molecule has 0 aliphatic heterocycles. The number of hydrogen-bond acceptors (Lipinski definition) is 1. The summed E-state index contributed by atoms with van der Waals surface area (Å²) in [5.74, 6) is 2.34. The molecular formula is C9H13O. The van der Waals surface area contributed by atoms with Gasteiger partial charge < -0.3 is 0 Å². The van der Waals surface area contributed by atoms with Gasteiger partial charge in [0.05, 0.1) is 0 Å². The zero-order valence-corrected chi connectivity index (χ0v) is 6.61. The van der Waals surface area contributed by atoms with E-state index in [-0.39, 0.29) is 5.41 Å². The molecule has 55 valence electrons. The summed E-state index contributed by atoms with van der Waals surface area (Å²) < 4.78 is 0. The van der Waals surface area contributed by atoms with Crippen LogP contribution in [0.15, 0.2) is 0 Å². The van der Waals surface area contributed by atoms with Crippen LogP contribution < -0.4 is 0 Å². The second-order valence-electron chi connectivity index (χ2n) is 4.06. The van der Waals surface area contributed by atoms with E-state index in [9.17, 15) is 4.79 Å². The fourth-order valence-electron chi connectivity index (χ4n) is 2.45. The Morgan fingerprint density at radius 2 is 2.20 bits per heavy atom. The quantitative estimate of drug-likeness (QED) is 0.499. The van der Waals surface area contributed by atoms with Gasteiger partial charge in [-0.2, -0.15) is 0 Å². The zero-order valence-electron chi connectivity index (χ0n) is 6.61. The summed E-state index contributed by atoms with van der Waals surface area (Å²) in [6.07, 6.45) is 3.17. The molecule has 0 amide bonds. The first-order valence-electron chi connectivity index (χ1n) is 4.02. The van der Waals surface area contributed by atoms with Crippen LogP contribution in [0.3, 0.4) is 0 Å². The summed E-state index contributed by atoms with van der Waals surface area (Å²) in [5, 5.41) is 0. The molecule has 1 nitrogen and oxygen atoms in total. The van der Waals surface area contributed by atoms with Crippen LogP contribution in [0.5, 0.6) is 0 Å². The molecular weight excluding hydrogens is 124 g/mol. The fraction of sp³-hybridized carbons (Fsp3) is 0.778. The van der Waals surface area contributed by atoms with E-state index in [1.54, 1.807) is 0 Å². The summed E-state index contributed by atoms with van der Waals surface area (Å²) in [7, 11) is 0. The Balaban J connectivity index is 2.35. The molecule has 0 spiro atoms. The molecule has 0 aromatic heterocycles. The Morgan fingerprint density at radius 1 is 1.50 bits per heavy atom. The fourth-order valence-corrected chi connectivity index (χ4v) is 2.45. The minimum atomic E-state index is 0.261. The molecule has 1 atom stereocenters. The van der Waals surface area contributed by atoms with Gasteiger partial charge in [0.1, 0.15) is 5.78 Å². The Hall–Kier alpha value is -0.330. The van der Waals surface area contributed by atoms with Crippen LogP contribution in [0, 0.1) is 17.3 Å². The zero-order chi connectivity index (χ0) is 7.35. The van der Waals surface area contributed by atoms with Gasteiger partial charge in [-0.3, -0.25) is 4.79 Å². The van der Waals surface area contributed by atoms with Crippen molar-refractivity contribution < 1.29 is 4.79 Å². The SMILES string of the molecule is CC1(C)[C]2CC[C@H]1CC2=O. The van der Waals surface area contributed by atoms with Gasteiger partial charge in [0, 0.05) is 12.3 Å². The van der Waals surface area contributed by atoms with E-state index < -0.39 is 0 Å². The predicted molar refractivity (Wildman–Crippen MR) is 39.4 cm³/mol. The van der Waals surface area contributed by atoms with Crippen LogP contribution in [-0.4, -0.2) is 5.78 Å². The number of carbonyl (C=O) groups excluding carboxylic acids is 1. The lowest BCUT2D eigenvalue weighted by atomic mass is 9.82. The lowest BCUT2D eigenvalue weighted by Crippen LogP contribution is -2.16. The molecule has 0 aromatic carbocycles. The van der Waals surface area contributed by atoms with Crippen LogP contribution in [0.4, 0.5) is 0 Å². The van der Waals surface area contributed by atoms with E-state index in [4.69, 9.17) is 0 Å². The van der Waals surface area contributed by atoms with E-state index >= 15 is 0 Å². The van der Waals surface area contributed by atoms with Gasteiger partial charge in [0.25, 0.3) is 0 Å². The highest BCUT2D eigenvalue weighted by atomic mass is 16.1. The van der Waals surface area contributed by atoms with Crippen molar-refractivity contribution in [3.8, 4) is 0 Å². The molecule has 0 N–H and O–H groups in total. The van der Waals surface area contributed by atoms with Crippen molar-refractivity contribution in [3.05, 3.63) is 5.92 Å². The molecule has 0 aromatic rings. The Bertz CT molecular complexity index is 181. The molecule has 2 saturated carbocycles. The van der Waals surface area contributed by atoms with Crippen molar-refractivity contribution in [2.75, 3.05) is 0 Å². The highest BCUT2D eigenvalue weighted by molar-refractivity contribution is 5.97. The van der Waals surface area contributed by atoms with Crippen molar-refractivity contribution in [3.63, 3.8) is 0 Å². The Kier molecular flexibility index (Phi) is 1.04. The highest BCUT2D eigenvalue weighted by Crippen LogP contribution is 2.56. The number of Topliss-reactive ketones (excluding diaryl/α,β-unsaturated/α-hetero) is 1. The van der Waals surface area contributed by atoms with E-state index in [0.29, 0.717) is 11.7 Å². The van der Waals surface area contributed by atoms with Gasteiger partial charge in [-0.25, -0.2) is 0 Å². The smallest absolute Gasteiger partial charge is 0.140 e. The van der Waals surface area contributed by atoms with Crippen molar-refractivity contribution in [1.82, 2.24) is 0 Å². The van der Waals surface area contributed by atoms with Gasteiger partial charge in [-0.05, 0) is 24.2 Å². The third-order valence-electron chi connectivity index (χ3n) is 3.31. The number of carbonyl (C=O) groups is 1. The van der Waals surface area contributed by atoms with Gasteiger partial charge in [-0.15, -0.1) is 0 Å². The number of rotatable bonds is 0. The summed E-state index contributed by atoms with van der Waals surface area (Å²) in [6.45, 7) is 4.43. The van der Waals surface area contributed by atoms with Crippen LogP contribution >= 0.6 is 0 Å². The topological polar surface area (TPSA) is 17.1 Å². The first-order chi connectivity index (χ1) is 4.62. The molecule has 2 bridgehead atoms. The molecule has 2 aliphatic carbocycles. The van der Waals surface area contributed by atoms with Crippen LogP contribution in [0.2, 0.25) is 0 Å². The number of ketones is 1. The van der Waals surface area contributed by atoms with Gasteiger partial charge in [0.2, 0.25) is 0 Å². The molecule has 1 radical (unpaired) electrons. The maximum Gasteiger partial charge on any atom is 0.140 e. The van der Waals surface area contributed by atoms with Crippen LogP contribution in [-0.2, 0) is 4.79 Å². The van der Waals surface area contributed by atoms with E-state index in [1.807, 2.05) is 0 Å². The van der Waals surface area contributed by atoms with Gasteiger partial charge in [0.15, 0.2) is 0 Å². The summed E-state index contributed by atoms with van der Waals surface area (Å²) >= 11 is 0. The molecule has 0 saturated heterocycles. The minimum Gasteiger partial charge on any atom is -0.299 e. The number of hydrogen-bond donors (Lipinski definition) is 0. The second kappa shape index (κ2) is 1.63. The molecule has 2 aliphatic rings. The first kappa shape index (κ1) is 6.38. The third kappa shape index (κ3) is 0.561. The van der Waals surface area contributed by atoms with Crippen molar-refractivity contribution >= 4 is 5.78 Å². The molecule has 10 heavy (non-hydrogen) atoms. The largest absolute Gasteiger partial charge is 0.299 e.